The van der Waals surface area contributed by atoms with E-state index in [2.05, 4.69) is 17.0 Å². The van der Waals surface area contributed by atoms with Crippen molar-refractivity contribution in [1.29, 1.82) is 0 Å². The van der Waals surface area contributed by atoms with Gasteiger partial charge in [-0.15, -0.1) is 0 Å². The zero-order valence-electron chi connectivity index (χ0n) is 15.6. The molecule has 3 rings (SSSR count). The molecule has 2 aromatic carbocycles. The Bertz CT molecular complexity index is 786. The Morgan fingerprint density at radius 1 is 0.963 bits per heavy atom. The number of benzene rings is 2. The SMILES string of the molecule is COc1cccc(C(=O)O[C@@H](C)C(=O)N2CCN(c3ccccc3)CC2)c1. The lowest BCUT2D eigenvalue weighted by Gasteiger charge is -2.37. The van der Waals surface area contributed by atoms with Crippen LogP contribution < -0.4 is 9.64 Å². The van der Waals surface area contributed by atoms with Crippen LogP contribution >= 0.6 is 0 Å². The molecule has 0 radical (unpaired) electrons. The second-order valence-electron chi connectivity index (χ2n) is 6.43. The van der Waals surface area contributed by atoms with E-state index in [4.69, 9.17) is 9.47 Å². The third-order valence-electron chi connectivity index (χ3n) is 4.65. The van der Waals surface area contributed by atoms with E-state index in [0.717, 1.165) is 18.8 Å². The van der Waals surface area contributed by atoms with Crippen molar-refractivity contribution in [3.05, 3.63) is 60.2 Å². The van der Waals surface area contributed by atoms with Crippen LogP contribution in [0.25, 0.3) is 0 Å². The fourth-order valence-electron chi connectivity index (χ4n) is 3.11. The number of esters is 1. The summed E-state index contributed by atoms with van der Waals surface area (Å²) in [5.41, 5.74) is 1.52. The molecule has 0 saturated carbocycles. The first-order chi connectivity index (χ1) is 13.1. The van der Waals surface area contributed by atoms with E-state index in [-0.39, 0.29) is 5.91 Å². The standard InChI is InChI=1S/C21H24N2O4/c1-16(27-21(25)17-7-6-10-19(15-17)26-2)20(24)23-13-11-22(12-14-23)18-8-4-3-5-9-18/h3-10,15-16H,11-14H2,1-2H3/t16-/m0/s1. The predicted molar refractivity (Wildman–Crippen MR) is 103 cm³/mol. The molecular weight excluding hydrogens is 344 g/mol. The molecule has 0 unspecified atom stereocenters. The van der Waals surface area contributed by atoms with Crippen molar-refractivity contribution in [2.75, 3.05) is 38.2 Å². The number of methoxy groups -OCH3 is 1. The van der Waals surface area contributed by atoms with Crippen LogP contribution in [-0.4, -0.2) is 56.2 Å². The lowest BCUT2D eigenvalue weighted by atomic mass is 10.2. The summed E-state index contributed by atoms with van der Waals surface area (Å²) >= 11 is 0. The summed E-state index contributed by atoms with van der Waals surface area (Å²) in [5, 5.41) is 0. The van der Waals surface area contributed by atoms with Crippen molar-refractivity contribution in [2.24, 2.45) is 0 Å². The quantitative estimate of drug-likeness (QED) is 0.760. The molecule has 6 nitrogen and oxygen atoms in total. The molecule has 0 aromatic heterocycles. The van der Waals surface area contributed by atoms with Gasteiger partial charge in [-0.2, -0.15) is 0 Å². The number of ether oxygens (including phenoxy) is 2. The van der Waals surface area contributed by atoms with Crippen LogP contribution in [0.5, 0.6) is 5.75 Å². The number of piperazine rings is 1. The molecule has 1 aliphatic heterocycles. The largest absolute Gasteiger partial charge is 0.497 e. The molecule has 0 spiro atoms. The van der Waals surface area contributed by atoms with Gasteiger partial charge in [0.2, 0.25) is 0 Å². The average Bonchev–Trinajstić information content (AvgIpc) is 2.74. The Balaban J connectivity index is 1.54. The number of carbonyl (C=O) groups is 2. The van der Waals surface area contributed by atoms with Crippen molar-refractivity contribution < 1.29 is 19.1 Å². The van der Waals surface area contributed by atoms with Crippen molar-refractivity contribution in [3.63, 3.8) is 0 Å². The van der Waals surface area contributed by atoms with Gasteiger partial charge in [0, 0.05) is 31.9 Å². The van der Waals surface area contributed by atoms with E-state index in [0.29, 0.717) is 24.4 Å². The van der Waals surface area contributed by atoms with Crippen molar-refractivity contribution in [2.45, 2.75) is 13.0 Å². The molecule has 2 aromatic rings. The van der Waals surface area contributed by atoms with Crippen LogP contribution in [0, 0.1) is 0 Å². The minimum atomic E-state index is -0.827. The smallest absolute Gasteiger partial charge is 0.339 e. The maximum absolute atomic E-state index is 12.6. The van der Waals surface area contributed by atoms with Crippen LogP contribution in [0.3, 0.4) is 0 Å². The first kappa shape index (κ1) is 18.8. The molecule has 27 heavy (non-hydrogen) atoms. The van der Waals surface area contributed by atoms with Gasteiger partial charge in [0.25, 0.3) is 5.91 Å². The van der Waals surface area contributed by atoms with E-state index in [1.54, 1.807) is 36.1 Å². The summed E-state index contributed by atoms with van der Waals surface area (Å²) in [6.07, 6.45) is -0.827. The fraction of sp³-hybridized carbons (Fsp3) is 0.333. The fourth-order valence-corrected chi connectivity index (χ4v) is 3.11. The molecule has 0 aliphatic carbocycles. The van der Waals surface area contributed by atoms with Gasteiger partial charge in [0.15, 0.2) is 6.10 Å². The Morgan fingerprint density at radius 2 is 1.67 bits per heavy atom. The van der Waals surface area contributed by atoms with Gasteiger partial charge < -0.3 is 19.3 Å². The number of rotatable bonds is 5. The molecule has 1 aliphatic rings. The number of carbonyl (C=O) groups excluding carboxylic acids is 2. The van der Waals surface area contributed by atoms with E-state index < -0.39 is 12.1 Å². The molecule has 1 atom stereocenters. The van der Waals surface area contributed by atoms with Gasteiger partial charge in [0.1, 0.15) is 5.75 Å². The van der Waals surface area contributed by atoms with Gasteiger partial charge in [-0.25, -0.2) is 4.79 Å². The van der Waals surface area contributed by atoms with Crippen molar-refractivity contribution in [1.82, 2.24) is 4.90 Å². The molecule has 1 amide bonds. The highest BCUT2D eigenvalue weighted by atomic mass is 16.5. The highest BCUT2D eigenvalue weighted by Gasteiger charge is 2.27. The van der Waals surface area contributed by atoms with E-state index >= 15 is 0 Å². The Kier molecular flexibility index (Phi) is 5.96. The summed E-state index contributed by atoms with van der Waals surface area (Å²) < 4.78 is 10.5. The van der Waals surface area contributed by atoms with E-state index in [1.165, 1.54) is 7.11 Å². The average molecular weight is 368 g/mol. The molecule has 1 fully saturated rings. The molecule has 1 saturated heterocycles. The van der Waals surface area contributed by atoms with Gasteiger partial charge >= 0.3 is 5.97 Å². The van der Waals surface area contributed by atoms with Crippen molar-refractivity contribution in [3.8, 4) is 5.75 Å². The van der Waals surface area contributed by atoms with Gasteiger partial charge in [0.05, 0.1) is 12.7 Å². The second-order valence-corrected chi connectivity index (χ2v) is 6.43. The monoisotopic (exact) mass is 368 g/mol. The summed E-state index contributed by atoms with van der Waals surface area (Å²) in [5.74, 6) is -0.128. The van der Waals surface area contributed by atoms with Crippen LogP contribution in [0.4, 0.5) is 5.69 Å². The highest BCUT2D eigenvalue weighted by Crippen LogP contribution is 2.17. The molecule has 0 bridgehead atoms. The summed E-state index contributed by atoms with van der Waals surface area (Å²) in [6, 6.07) is 16.8. The summed E-state index contributed by atoms with van der Waals surface area (Å²) in [4.78, 5) is 28.9. The lowest BCUT2D eigenvalue weighted by molar-refractivity contribution is -0.140. The Hall–Kier alpha value is -3.02. The third-order valence-corrected chi connectivity index (χ3v) is 4.65. The molecule has 1 heterocycles. The third kappa shape index (κ3) is 4.58. The highest BCUT2D eigenvalue weighted by molar-refractivity contribution is 5.92. The summed E-state index contributed by atoms with van der Waals surface area (Å²) in [6.45, 7) is 4.34. The Morgan fingerprint density at radius 3 is 2.33 bits per heavy atom. The maximum Gasteiger partial charge on any atom is 0.339 e. The number of amides is 1. The normalized spacial score (nSPS) is 15.2. The second kappa shape index (κ2) is 8.58. The minimum Gasteiger partial charge on any atom is -0.497 e. The maximum atomic E-state index is 12.6. The zero-order chi connectivity index (χ0) is 19.2. The number of nitrogens with zero attached hydrogens (tertiary/aromatic N) is 2. The number of anilines is 1. The number of hydrogen-bond acceptors (Lipinski definition) is 5. The van der Waals surface area contributed by atoms with Gasteiger partial charge in [-0.05, 0) is 37.3 Å². The van der Waals surface area contributed by atoms with Crippen LogP contribution in [0.2, 0.25) is 0 Å². The molecular formula is C21H24N2O4. The first-order valence-electron chi connectivity index (χ1n) is 9.02. The zero-order valence-corrected chi connectivity index (χ0v) is 15.6. The van der Waals surface area contributed by atoms with Crippen LogP contribution in [0.1, 0.15) is 17.3 Å². The predicted octanol–water partition coefficient (Wildman–Crippen LogP) is 2.59. The van der Waals surface area contributed by atoms with E-state index in [9.17, 15) is 9.59 Å². The van der Waals surface area contributed by atoms with Crippen molar-refractivity contribution >= 4 is 17.6 Å². The summed E-state index contributed by atoms with van der Waals surface area (Å²) in [7, 11) is 1.53. The minimum absolute atomic E-state index is 0.168. The van der Waals surface area contributed by atoms with Crippen LogP contribution in [0.15, 0.2) is 54.6 Å². The topological polar surface area (TPSA) is 59.1 Å². The van der Waals surface area contributed by atoms with Crippen LogP contribution in [-0.2, 0) is 9.53 Å². The number of para-hydroxylation sites is 1. The van der Waals surface area contributed by atoms with Gasteiger partial charge in [-0.3, -0.25) is 4.79 Å². The lowest BCUT2D eigenvalue weighted by Crippen LogP contribution is -2.51. The van der Waals surface area contributed by atoms with Gasteiger partial charge in [-0.1, -0.05) is 24.3 Å². The number of hydrogen-bond donors (Lipinski definition) is 0. The molecule has 0 N–H and O–H groups in total. The molecule has 6 heteroatoms. The molecule has 142 valence electrons. The Labute approximate surface area is 159 Å². The van der Waals surface area contributed by atoms with E-state index in [1.807, 2.05) is 18.2 Å². The first-order valence-corrected chi connectivity index (χ1v) is 9.02.